The number of carboxylic acid groups (broad SMARTS) is 1. The third-order valence-corrected chi connectivity index (χ3v) is 1.26. The number of hydrogen-bond acceptors (Lipinski definition) is 1. The molecule has 0 fully saturated rings. The number of aliphatic carboxylic acids is 1. The van der Waals surface area contributed by atoms with Crippen LogP contribution in [0.2, 0.25) is 0 Å². The van der Waals surface area contributed by atoms with Crippen LogP contribution >= 0.6 is 0 Å². The number of allylic oxidation sites excluding steroid dienone is 4. The molecule has 0 aromatic heterocycles. The molecule has 0 aromatic rings. The van der Waals surface area contributed by atoms with Crippen molar-refractivity contribution in [1.29, 1.82) is 0 Å². The molecule has 0 heterocycles. The number of carbonyl (C=O) groups is 1. The molecule has 0 spiro atoms. The molecule has 14 heavy (non-hydrogen) atoms. The molecule has 1 N–H and O–H groups in total. The Labute approximate surface area is 86.6 Å². The molecule has 2 heteroatoms. The summed E-state index contributed by atoms with van der Waals surface area (Å²) in [6.07, 6.45) is 4.26. The average Bonchev–Trinajstić information content (AvgIpc) is 2.14. The molecule has 0 saturated heterocycles. The Kier molecular flexibility index (Phi) is 10.6. The lowest BCUT2D eigenvalue weighted by molar-refractivity contribution is -0.136. The molecule has 0 atom stereocenters. The lowest BCUT2D eigenvalue weighted by atomic mass is 10.1. The quantitative estimate of drug-likeness (QED) is 0.682. The highest BCUT2D eigenvalue weighted by Crippen LogP contribution is 2.05. The Morgan fingerprint density at radius 3 is 2.07 bits per heavy atom. The molecule has 2 nitrogen and oxygen atoms in total. The maximum Gasteiger partial charge on any atom is 0.303 e. The van der Waals surface area contributed by atoms with E-state index in [0.717, 1.165) is 11.1 Å². The van der Waals surface area contributed by atoms with Gasteiger partial charge in [0.25, 0.3) is 0 Å². The van der Waals surface area contributed by atoms with E-state index < -0.39 is 5.97 Å². The van der Waals surface area contributed by atoms with Gasteiger partial charge in [-0.3, -0.25) is 4.79 Å². The summed E-state index contributed by atoms with van der Waals surface area (Å²) < 4.78 is 0. The maximum absolute atomic E-state index is 10.2. The van der Waals surface area contributed by atoms with Crippen molar-refractivity contribution in [2.24, 2.45) is 0 Å². The molecule has 0 aliphatic heterocycles. The maximum atomic E-state index is 10.2. The Morgan fingerprint density at radius 2 is 1.71 bits per heavy atom. The van der Waals surface area contributed by atoms with Crippen molar-refractivity contribution < 1.29 is 9.90 Å². The molecule has 0 aromatic carbocycles. The predicted octanol–water partition coefficient (Wildman–Crippen LogP) is 3.57. The van der Waals surface area contributed by atoms with E-state index in [4.69, 9.17) is 5.11 Å². The average molecular weight is 196 g/mol. The zero-order chi connectivity index (χ0) is 11.6. The minimum Gasteiger partial charge on any atom is -0.481 e. The molecular formula is C12H20O2. The molecule has 0 radical (unpaired) electrons. The van der Waals surface area contributed by atoms with Crippen LogP contribution in [-0.4, -0.2) is 11.1 Å². The molecule has 0 amide bonds. The standard InChI is InChI=1S/C10H14O2.C2H6/c1-8(2)4-5-9(3)6-7-10(11)12;1-2/h4-5H,1,3,6-7H2,2H3,(H,11,12);1-2H3/b5-4-;. The normalized spacial score (nSPS) is 9.07. The second-order valence-corrected chi connectivity index (χ2v) is 2.73. The van der Waals surface area contributed by atoms with Crippen LogP contribution in [0.5, 0.6) is 0 Å². The molecule has 0 rings (SSSR count). The van der Waals surface area contributed by atoms with E-state index in [1.807, 2.05) is 26.8 Å². The van der Waals surface area contributed by atoms with Crippen molar-refractivity contribution in [3.63, 3.8) is 0 Å². The van der Waals surface area contributed by atoms with Gasteiger partial charge in [-0.1, -0.05) is 50.3 Å². The van der Waals surface area contributed by atoms with E-state index in [0.29, 0.717) is 6.42 Å². The van der Waals surface area contributed by atoms with Gasteiger partial charge in [0.1, 0.15) is 0 Å². The van der Waals surface area contributed by atoms with Gasteiger partial charge in [-0.2, -0.15) is 0 Å². The monoisotopic (exact) mass is 196 g/mol. The zero-order valence-electron chi connectivity index (χ0n) is 9.34. The summed E-state index contributed by atoms with van der Waals surface area (Å²) in [5.74, 6) is -0.792. The first-order chi connectivity index (χ1) is 6.52. The van der Waals surface area contributed by atoms with Crippen LogP contribution in [0, 0.1) is 0 Å². The van der Waals surface area contributed by atoms with Crippen LogP contribution in [0.3, 0.4) is 0 Å². The molecule has 80 valence electrons. The van der Waals surface area contributed by atoms with E-state index in [9.17, 15) is 4.79 Å². The Morgan fingerprint density at radius 1 is 1.21 bits per heavy atom. The van der Waals surface area contributed by atoms with Gasteiger partial charge in [-0.25, -0.2) is 0 Å². The second kappa shape index (κ2) is 9.78. The van der Waals surface area contributed by atoms with E-state index in [2.05, 4.69) is 13.2 Å². The van der Waals surface area contributed by atoms with E-state index >= 15 is 0 Å². The van der Waals surface area contributed by atoms with Gasteiger partial charge in [0, 0.05) is 6.42 Å². The SMILES string of the molecule is C=C(C)/C=C\C(=C)CCC(=O)O.CC. The number of hydrogen-bond donors (Lipinski definition) is 1. The van der Waals surface area contributed by atoms with Crippen molar-refractivity contribution in [1.82, 2.24) is 0 Å². The molecular weight excluding hydrogens is 176 g/mol. The summed E-state index contributed by atoms with van der Waals surface area (Å²) >= 11 is 0. The van der Waals surface area contributed by atoms with Crippen LogP contribution in [0.15, 0.2) is 36.5 Å². The first kappa shape index (κ1) is 15.2. The third kappa shape index (κ3) is 13.3. The van der Waals surface area contributed by atoms with E-state index in [-0.39, 0.29) is 6.42 Å². The van der Waals surface area contributed by atoms with Crippen LogP contribution < -0.4 is 0 Å². The fraction of sp³-hybridized carbons (Fsp3) is 0.417. The van der Waals surface area contributed by atoms with Crippen LogP contribution in [-0.2, 0) is 4.79 Å². The summed E-state index contributed by atoms with van der Waals surface area (Å²) in [6.45, 7) is 13.3. The van der Waals surface area contributed by atoms with Crippen molar-refractivity contribution in [3.8, 4) is 0 Å². The zero-order valence-corrected chi connectivity index (χ0v) is 9.34. The fourth-order valence-electron chi connectivity index (χ4n) is 0.611. The van der Waals surface area contributed by atoms with Gasteiger partial charge in [-0.05, 0) is 13.3 Å². The fourth-order valence-corrected chi connectivity index (χ4v) is 0.611. The Bertz CT molecular complexity index is 224. The summed E-state index contributed by atoms with van der Waals surface area (Å²) in [6, 6.07) is 0. The second-order valence-electron chi connectivity index (χ2n) is 2.73. The first-order valence-corrected chi connectivity index (χ1v) is 4.75. The van der Waals surface area contributed by atoms with E-state index in [1.54, 1.807) is 6.08 Å². The number of carboxylic acids is 1. The lowest BCUT2D eigenvalue weighted by Crippen LogP contribution is -1.93. The molecule has 0 aliphatic carbocycles. The van der Waals surface area contributed by atoms with Crippen LogP contribution in [0.4, 0.5) is 0 Å². The topological polar surface area (TPSA) is 37.3 Å². The van der Waals surface area contributed by atoms with Crippen molar-refractivity contribution in [3.05, 3.63) is 36.5 Å². The smallest absolute Gasteiger partial charge is 0.303 e. The molecule has 0 saturated carbocycles. The van der Waals surface area contributed by atoms with Crippen LogP contribution in [0.1, 0.15) is 33.6 Å². The van der Waals surface area contributed by atoms with Crippen LogP contribution in [0.25, 0.3) is 0 Å². The number of rotatable bonds is 5. The highest BCUT2D eigenvalue weighted by molar-refractivity contribution is 5.67. The van der Waals surface area contributed by atoms with Gasteiger partial charge in [0.05, 0.1) is 0 Å². The Balaban J connectivity index is 0. The molecule has 0 bridgehead atoms. The highest BCUT2D eigenvalue weighted by atomic mass is 16.4. The summed E-state index contributed by atoms with van der Waals surface area (Å²) in [5.41, 5.74) is 1.76. The largest absolute Gasteiger partial charge is 0.481 e. The first-order valence-electron chi connectivity index (χ1n) is 4.75. The van der Waals surface area contributed by atoms with Gasteiger partial charge in [-0.15, -0.1) is 0 Å². The van der Waals surface area contributed by atoms with E-state index in [1.165, 1.54) is 0 Å². The van der Waals surface area contributed by atoms with Gasteiger partial charge in [0.15, 0.2) is 0 Å². The lowest BCUT2D eigenvalue weighted by Gasteiger charge is -1.95. The predicted molar refractivity (Wildman–Crippen MR) is 61.3 cm³/mol. The summed E-state index contributed by atoms with van der Waals surface area (Å²) in [7, 11) is 0. The third-order valence-electron chi connectivity index (χ3n) is 1.26. The van der Waals surface area contributed by atoms with Crippen molar-refractivity contribution in [2.75, 3.05) is 0 Å². The highest BCUT2D eigenvalue weighted by Gasteiger charge is 1.96. The minimum atomic E-state index is -0.792. The van der Waals surface area contributed by atoms with Gasteiger partial charge in [0.2, 0.25) is 0 Å². The molecule has 0 unspecified atom stereocenters. The summed E-state index contributed by atoms with van der Waals surface area (Å²) in [5, 5.41) is 8.36. The van der Waals surface area contributed by atoms with Gasteiger partial charge >= 0.3 is 5.97 Å². The van der Waals surface area contributed by atoms with Crippen molar-refractivity contribution in [2.45, 2.75) is 33.6 Å². The van der Waals surface area contributed by atoms with Crippen molar-refractivity contribution >= 4 is 5.97 Å². The minimum absolute atomic E-state index is 0.138. The molecule has 0 aliphatic rings. The van der Waals surface area contributed by atoms with Gasteiger partial charge < -0.3 is 5.11 Å². The Hall–Kier alpha value is -1.31. The summed E-state index contributed by atoms with van der Waals surface area (Å²) in [4.78, 5) is 10.2.